The molecule has 8 rings (SSSR count). The van der Waals surface area contributed by atoms with Crippen molar-refractivity contribution in [3.05, 3.63) is 144 Å². The number of hydrogen-bond acceptors (Lipinski definition) is 10. The topological polar surface area (TPSA) is 170 Å². The average molecular weight is 827 g/mol. The first-order chi connectivity index (χ1) is 27.8. The fraction of sp³-hybridized carbons (Fsp3) is 0.200. The molecule has 0 atom stereocenters. The number of phenols is 2. The molecule has 14 heteroatoms. The fourth-order valence-corrected chi connectivity index (χ4v) is 9.41. The molecule has 59 heavy (non-hydrogen) atoms. The summed E-state index contributed by atoms with van der Waals surface area (Å²) in [5.41, 5.74) is 4.02. The summed E-state index contributed by atoms with van der Waals surface area (Å²) in [6, 6.07) is 32.8. The summed E-state index contributed by atoms with van der Waals surface area (Å²) >= 11 is 0. The van der Waals surface area contributed by atoms with Crippen LogP contribution in [0, 0.1) is 0 Å². The van der Waals surface area contributed by atoms with Crippen molar-refractivity contribution in [2.24, 2.45) is 0 Å². The quantitative estimate of drug-likeness (QED) is 0.152. The Hall–Kier alpha value is -6.38. The molecule has 0 aliphatic carbocycles. The maximum absolute atomic E-state index is 13.4. The lowest BCUT2D eigenvalue weighted by atomic mass is 9.83. The van der Waals surface area contributed by atoms with Gasteiger partial charge in [-0.15, -0.1) is 30.0 Å². The van der Waals surface area contributed by atoms with Crippen LogP contribution in [-0.4, -0.2) is 57.0 Å². The summed E-state index contributed by atoms with van der Waals surface area (Å²) in [4.78, 5) is 3.07. The molecule has 0 aliphatic rings. The lowest BCUT2D eigenvalue weighted by molar-refractivity contribution is 0.453. The van der Waals surface area contributed by atoms with E-state index in [0.717, 1.165) is 11.1 Å². The van der Waals surface area contributed by atoms with Gasteiger partial charge in [0.1, 0.15) is 44.9 Å². The van der Waals surface area contributed by atoms with Crippen LogP contribution < -0.4 is 0 Å². The molecule has 12 nitrogen and oxygen atoms in total. The molecule has 2 aromatic heterocycles. The van der Waals surface area contributed by atoms with Crippen molar-refractivity contribution in [1.82, 2.24) is 30.0 Å². The average Bonchev–Trinajstić information content (AvgIpc) is 3.83. The van der Waals surface area contributed by atoms with Gasteiger partial charge >= 0.3 is 0 Å². The number of hydrogen-bond donors (Lipinski definition) is 2. The molecule has 8 aromatic rings. The lowest BCUT2D eigenvalue weighted by Crippen LogP contribution is -2.15. The standard InChI is InChI=1S/C45H42N6O6S2/c1-44(2,3)30-22-28(42(52)40(24-30)50-46-36-19-17-34(26-38(36)48-50)58(54,55)32-13-9-7-10-14-32)21-29-23-31(45(4,5)6)25-41(43(29)53)51-47-37-20-18-35(27-39(37)49-51)59(56,57)33-15-11-8-12-16-33/h7-20,22-27,52-53H,21H2,1-6H3. The predicted octanol–water partition coefficient (Wildman–Crippen LogP) is 8.42. The van der Waals surface area contributed by atoms with Gasteiger partial charge in [-0.1, -0.05) is 90.1 Å². The highest BCUT2D eigenvalue weighted by Crippen LogP contribution is 2.39. The summed E-state index contributed by atoms with van der Waals surface area (Å²) in [5.74, 6) is -0.236. The molecule has 2 heterocycles. The minimum Gasteiger partial charge on any atom is -0.505 e. The van der Waals surface area contributed by atoms with Crippen molar-refractivity contribution in [2.45, 2.75) is 78.4 Å². The van der Waals surface area contributed by atoms with E-state index in [1.54, 1.807) is 48.5 Å². The van der Waals surface area contributed by atoms with Gasteiger partial charge < -0.3 is 10.2 Å². The van der Waals surface area contributed by atoms with Gasteiger partial charge in [-0.05, 0) is 94.8 Å². The monoisotopic (exact) mass is 826 g/mol. The Morgan fingerprint density at radius 1 is 0.458 bits per heavy atom. The maximum atomic E-state index is 13.4. The third-order valence-electron chi connectivity index (χ3n) is 10.3. The second kappa shape index (κ2) is 14.2. The van der Waals surface area contributed by atoms with Crippen molar-refractivity contribution < 1.29 is 27.0 Å². The van der Waals surface area contributed by atoms with Gasteiger partial charge in [0.2, 0.25) is 19.7 Å². The Morgan fingerprint density at radius 2 is 0.814 bits per heavy atom. The first-order valence-corrected chi connectivity index (χ1v) is 21.9. The Morgan fingerprint density at radius 3 is 1.17 bits per heavy atom. The van der Waals surface area contributed by atoms with Crippen LogP contribution in [0.1, 0.15) is 63.8 Å². The molecule has 0 saturated carbocycles. The van der Waals surface area contributed by atoms with Gasteiger partial charge in [-0.3, -0.25) is 0 Å². The SMILES string of the molecule is CC(C)(C)c1cc(Cc2cc(C(C)(C)C)cc(-n3nc4ccc(S(=O)(=O)c5ccccc5)cc4n3)c2O)c(O)c(-n2nc3ccc(S(=O)(=O)c4ccccc4)cc3n2)c1. The second-order valence-corrected chi connectivity index (χ2v) is 20.5. The van der Waals surface area contributed by atoms with Crippen molar-refractivity contribution in [3.63, 3.8) is 0 Å². The van der Waals surface area contributed by atoms with E-state index in [-0.39, 0.29) is 59.7 Å². The van der Waals surface area contributed by atoms with Crippen LogP contribution in [0.25, 0.3) is 33.4 Å². The summed E-state index contributed by atoms with van der Waals surface area (Å²) in [5, 5.41) is 42.5. The van der Waals surface area contributed by atoms with Crippen molar-refractivity contribution in [1.29, 1.82) is 0 Å². The molecule has 0 radical (unpaired) electrons. The zero-order chi connectivity index (χ0) is 42.1. The van der Waals surface area contributed by atoms with Crippen molar-refractivity contribution in [2.75, 3.05) is 0 Å². The first-order valence-electron chi connectivity index (χ1n) is 18.9. The van der Waals surface area contributed by atoms with Gasteiger partial charge in [0.05, 0.1) is 19.6 Å². The summed E-state index contributed by atoms with van der Waals surface area (Å²) in [6.45, 7) is 12.3. The van der Waals surface area contributed by atoms with Gasteiger partial charge in [0, 0.05) is 17.5 Å². The smallest absolute Gasteiger partial charge is 0.206 e. The van der Waals surface area contributed by atoms with Gasteiger partial charge in [0.15, 0.2) is 0 Å². The lowest BCUT2D eigenvalue weighted by Gasteiger charge is -2.24. The van der Waals surface area contributed by atoms with E-state index >= 15 is 0 Å². The first kappa shape index (κ1) is 39.4. The molecule has 0 unspecified atom stereocenters. The number of phenolic OH excluding ortho intramolecular Hbond substituents is 2. The van der Waals surface area contributed by atoms with Gasteiger partial charge in [-0.2, -0.15) is 0 Å². The van der Waals surface area contributed by atoms with Crippen LogP contribution in [0.2, 0.25) is 0 Å². The number of aromatic nitrogens is 6. The summed E-state index contributed by atoms with van der Waals surface area (Å²) in [6.07, 6.45) is 0.0893. The third kappa shape index (κ3) is 7.34. The van der Waals surface area contributed by atoms with E-state index < -0.39 is 19.7 Å². The van der Waals surface area contributed by atoms with E-state index in [1.807, 2.05) is 65.8 Å². The predicted molar refractivity (Wildman–Crippen MR) is 225 cm³/mol. The highest BCUT2D eigenvalue weighted by atomic mass is 32.2. The van der Waals surface area contributed by atoms with Crippen LogP contribution in [0.3, 0.4) is 0 Å². The van der Waals surface area contributed by atoms with Crippen LogP contribution in [0.15, 0.2) is 141 Å². The van der Waals surface area contributed by atoms with Crippen LogP contribution in [0.5, 0.6) is 11.5 Å². The fourth-order valence-electron chi connectivity index (χ4n) is 6.81. The number of sulfone groups is 2. The van der Waals surface area contributed by atoms with E-state index in [0.29, 0.717) is 33.2 Å². The summed E-state index contributed by atoms with van der Waals surface area (Å²) in [7, 11) is -7.63. The molecule has 0 aliphatic heterocycles. The van der Waals surface area contributed by atoms with E-state index in [2.05, 4.69) is 20.4 Å². The van der Waals surface area contributed by atoms with Crippen LogP contribution in [-0.2, 0) is 36.9 Å². The van der Waals surface area contributed by atoms with Crippen molar-refractivity contribution >= 4 is 41.7 Å². The van der Waals surface area contributed by atoms with E-state index in [4.69, 9.17) is 0 Å². The van der Waals surface area contributed by atoms with Crippen molar-refractivity contribution in [3.8, 4) is 22.9 Å². The minimum atomic E-state index is -3.81. The van der Waals surface area contributed by atoms with Crippen LogP contribution >= 0.6 is 0 Å². The van der Waals surface area contributed by atoms with Crippen LogP contribution in [0.4, 0.5) is 0 Å². The molecule has 0 spiro atoms. The Labute approximate surface area is 342 Å². The molecule has 6 aromatic carbocycles. The number of benzene rings is 6. The molecule has 300 valence electrons. The zero-order valence-corrected chi connectivity index (χ0v) is 34.9. The van der Waals surface area contributed by atoms with Gasteiger partial charge in [0.25, 0.3) is 0 Å². The second-order valence-electron chi connectivity index (χ2n) is 16.6. The molecule has 0 fully saturated rings. The molecular formula is C45H42N6O6S2. The highest BCUT2D eigenvalue weighted by Gasteiger charge is 2.26. The van der Waals surface area contributed by atoms with E-state index in [1.165, 1.54) is 58.1 Å². The molecule has 0 saturated heterocycles. The molecule has 0 bridgehead atoms. The number of fused-ring (bicyclic) bond motifs is 2. The molecule has 2 N–H and O–H groups in total. The normalized spacial score (nSPS) is 12.7. The molecular weight excluding hydrogens is 785 g/mol. The minimum absolute atomic E-state index is 0.0684. The number of aromatic hydroxyl groups is 2. The Bertz CT molecular complexity index is 2930. The number of rotatable bonds is 8. The largest absolute Gasteiger partial charge is 0.505 e. The number of nitrogens with zero attached hydrogens (tertiary/aromatic N) is 6. The highest BCUT2D eigenvalue weighted by molar-refractivity contribution is 7.91. The molecule has 0 amide bonds. The zero-order valence-electron chi connectivity index (χ0n) is 33.3. The third-order valence-corrected chi connectivity index (χ3v) is 13.8. The Kier molecular flexibility index (Phi) is 9.47. The van der Waals surface area contributed by atoms with Gasteiger partial charge in [-0.25, -0.2) is 16.8 Å². The van der Waals surface area contributed by atoms with E-state index in [9.17, 15) is 27.0 Å². The Balaban J connectivity index is 1.21. The maximum Gasteiger partial charge on any atom is 0.206 e. The summed E-state index contributed by atoms with van der Waals surface area (Å²) < 4.78 is 53.6.